The predicted molar refractivity (Wildman–Crippen MR) is 84.4 cm³/mol. The van der Waals surface area contributed by atoms with Gasteiger partial charge in [0.15, 0.2) is 5.78 Å². The van der Waals surface area contributed by atoms with Crippen LogP contribution in [0.4, 0.5) is 0 Å². The number of ketones is 1. The second-order valence-corrected chi connectivity index (χ2v) is 5.48. The number of thioether (sulfide) groups is 1. The zero-order valence-corrected chi connectivity index (χ0v) is 11.8. The summed E-state index contributed by atoms with van der Waals surface area (Å²) in [6, 6.07) is 19.7. The molecule has 2 aromatic carbocycles. The Balaban J connectivity index is 1.75. The van der Waals surface area contributed by atoms with E-state index in [1.54, 1.807) is 11.8 Å². The molecule has 1 heterocycles. The van der Waals surface area contributed by atoms with Crippen molar-refractivity contribution in [2.75, 3.05) is 12.4 Å². The van der Waals surface area contributed by atoms with E-state index in [0.717, 1.165) is 17.1 Å². The second-order valence-electron chi connectivity index (χ2n) is 4.65. The number of benzene rings is 2. The zero-order valence-electron chi connectivity index (χ0n) is 11.0. The third-order valence-electron chi connectivity index (χ3n) is 3.27. The van der Waals surface area contributed by atoms with Crippen LogP contribution < -0.4 is 0 Å². The van der Waals surface area contributed by atoms with Crippen LogP contribution in [-0.4, -0.2) is 23.1 Å². The first-order valence-corrected chi connectivity index (χ1v) is 7.60. The maximum Gasteiger partial charge on any atom is 0.182 e. The van der Waals surface area contributed by atoms with E-state index in [2.05, 4.69) is 22.4 Å². The molecule has 2 nitrogen and oxygen atoms in total. The number of carbonyl (C=O) groups excluding carboxylic acids is 1. The minimum atomic E-state index is 0.162. The molecule has 20 heavy (non-hydrogen) atoms. The molecule has 0 aromatic heterocycles. The molecule has 0 spiro atoms. The van der Waals surface area contributed by atoms with Gasteiger partial charge in [0.25, 0.3) is 0 Å². The van der Waals surface area contributed by atoms with Gasteiger partial charge in [-0.2, -0.15) is 0 Å². The molecule has 0 amide bonds. The van der Waals surface area contributed by atoms with Gasteiger partial charge in [-0.15, -0.1) is 11.8 Å². The number of hydrogen-bond donors (Lipinski definition) is 0. The summed E-state index contributed by atoms with van der Waals surface area (Å²) in [4.78, 5) is 14.4. The summed E-state index contributed by atoms with van der Waals surface area (Å²) in [7, 11) is 0. The molecule has 0 fully saturated rings. The lowest BCUT2D eigenvalue weighted by molar-refractivity contribution is 0.0966. The fraction of sp³-hybridized carbons (Fsp3) is 0.118. The molecule has 0 unspecified atom stereocenters. The van der Waals surface area contributed by atoms with Gasteiger partial charge in [-0.3, -0.25) is 4.79 Å². The number of carbonyl (C=O) groups is 1. The SMILES string of the molecule is O=C(CN1CSC=C1c1ccccc1)c1ccccc1. The summed E-state index contributed by atoms with van der Waals surface area (Å²) in [5, 5.41) is 2.13. The first-order chi connectivity index (χ1) is 9.84. The Morgan fingerprint density at radius 2 is 1.65 bits per heavy atom. The van der Waals surface area contributed by atoms with Crippen LogP contribution in [0.1, 0.15) is 15.9 Å². The van der Waals surface area contributed by atoms with Crippen molar-refractivity contribution in [3.63, 3.8) is 0 Å². The van der Waals surface area contributed by atoms with Gasteiger partial charge in [-0.05, 0) is 11.0 Å². The Hall–Kier alpha value is -2.00. The Morgan fingerprint density at radius 1 is 1.00 bits per heavy atom. The lowest BCUT2D eigenvalue weighted by Gasteiger charge is -2.21. The topological polar surface area (TPSA) is 20.3 Å². The minimum absolute atomic E-state index is 0.162. The van der Waals surface area contributed by atoms with E-state index in [4.69, 9.17) is 0 Å². The highest BCUT2D eigenvalue weighted by Crippen LogP contribution is 2.30. The van der Waals surface area contributed by atoms with Crippen LogP contribution in [0.2, 0.25) is 0 Å². The molecule has 0 saturated heterocycles. The Kier molecular flexibility index (Phi) is 3.88. The van der Waals surface area contributed by atoms with E-state index < -0.39 is 0 Å². The smallest absolute Gasteiger partial charge is 0.182 e. The highest BCUT2D eigenvalue weighted by Gasteiger charge is 2.20. The van der Waals surface area contributed by atoms with Crippen LogP contribution in [0.25, 0.3) is 5.70 Å². The van der Waals surface area contributed by atoms with Crippen LogP contribution in [0.5, 0.6) is 0 Å². The minimum Gasteiger partial charge on any atom is -0.353 e. The van der Waals surface area contributed by atoms with Crippen molar-refractivity contribution in [1.82, 2.24) is 4.90 Å². The van der Waals surface area contributed by atoms with E-state index in [1.165, 1.54) is 5.56 Å². The normalized spacial score (nSPS) is 14.2. The van der Waals surface area contributed by atoms with Gasteiger partial charge in [-0.1, -0.05) is 60.7 Å². The lowest BCUT2D eigenvalue weighted by atomic mass is 10.1. The van der Waals surface area contributed by atoms with Gasteiger partial charge in [0.1, 0.15) is 0 Å². The maximum atomic E-state index is 12.3. The second kappa shape index (κ2) is 5.97. The molecule has 0 bridgehead atoms. The molecule has 3 rings (SSSR count). The van der Waals surface area contributed by atoms with Crippen molar-refractivity contribution in [2.45, 2.75) is 0 Å². The van der Waals surface area contributed by atoms with Crippen molar-refractivity contribution in [3.05, 3.63) is 77.2 Å². The highest BCUT2D eigenvalue weighted by molar-refractivity contribution is 8.02. The molecule has 1 aliphatic heterocycles. The fourth-order valence-corrected chi connectivity index (χ4v) is 3.16. The van der Waals surface area contributed by atoms with E-state index in [0.29, 0.717) is 6.54 Å². The summed E-state index contributed by atoms with van der Waals surface area (Å²) in [5.41, 5.74) is 3.08. The van der Waals surface area contributed by atoms with Crippen molar-refractivity contribution in [3.8, 4) is 0 Å². The standard InChI is InChI=1S/C17H15NOS/c19-17(15-9-5-2-6-10-15)11-18-13-20-12-16(18)14-7-3-1-4-8-14/h1-10,12H,11,13H2. The quantitative estimate of drug-likeness (QED) is 0.793. The summed E-state index contributed by atoms with van der Waals surface area (Å²) >= 11 is 1.73. The predicted octanol–water partition coefficient (Wildman–Crippen LogP) is 3.87. The summed E-state index contributed by atoms with van der Waals surface area (Å²) in [6.07, 6.45) is 0. The molecule has 0 aliphatic carbocycles. The average molecular weight is 281 g/mol. The van der Waals surface area contributed by atoms with Crippen molar-refractivity contribution in [1.29, 1.82) is 0 Å². The number of hydrogen-bond acceptors (Lipinski definition) is 3. The molecule has 2 aromatic rings. The number of rotatable bonds is 4. The van der Waals surface area contributed by atoms with E-state index in [-0.39, 0.29) is 5.78 Å². The Morgan fingerprint density at radius 3 is 2.35 bits per heavy atom. The Labute approximate surface area is 123 Å². The van der Waals surface area contributed by atoms with Gasteiger partial charge < -0.3 is 4.90 Å². The van der Waals surface area contributed by atoms with Gasteiger partial charge in [0, 0.05) is 5.56 Å². The highest BCUT2D eigenvalue weighted by atomic mass is 32.2. The third-order valence-corrected chi connectivity index (χ3v) is 4.12. The Bertz CT molecular complexity index is 622. The van der Waals surface area contributed by atoms with Crippen LogP contribution in [0.3, 0.4) is 0 Å². The molecular formula is C17H15NOS. The largest absolute Gasteiger partial charge is 0.353 e. The van der Waals surface area contributed by atoms with Gasteiger partial charge in [0.2, 0.25) is 0 Å². The fourth-order valence-electron chi connectivity index (χ4n) is 2.23. The maximum absolute atomic E-state index is 12.3. The summed E-state index contributed by atoms with van der Waals surface area (Å²) in [5.74, 6) is 0.998. The van der Waals surface area contributed by atoms with Crippen molar-refractivity contribution >= 4 is 23.2 Å². The molecule has 0 saturated carbocycles. The zero-order chi connectivity index (χ0) is 13.8. The van der Waals surface area contributed by atoms with Crippen LogP contribution in [-0.2, 0) is 0 Å². The number of nitrogens with zero attached hydrogens (tertiary/aromatic N) is 1. The van der Waals surface area contributed by atoms with E-state index >= 15 is 0 Å². The molecule has 0 atom stereocenters. The van der Waals surface area contributed by atoms with Gasteiger partial charge in [0.05, 0.1) is 18.1 Å². The van der Waals surface area contributed by atoms with Gasteiger partial charge in [-0.25, -0.2) is 0 Å². The van der Waals surface area contributed by atoms with Crippen LogP contribution >= 0.6 is 11.8 Å². The first-order valence-electron chi connectivity index (χ1n) is 6.55. The van der Waals surface area contributed by atoms with E-state index in [1.807, 2.05) is 48.5 Å². The average Bonchev–Trinajstić information content (AvgIpc) is 2.97. The first kappa shape index (κ1) is 13.0. The number of Topliss-reactive ketones (excluding diaryl/α,β-unsaturated/α-hetero) is 1. The van der Waals surface area contributed by atoms with E-state index in [9.17, 15) is 4.79 Å². The third kappa shape index (κ3) is 2.78. The van der Waals surface area contributed by atoms with Crippen molar-refractivity contribution in [2.24, 2.45) is 0 Å². The summed E-state index contributed by atoms with van der Waals surface area (Å²) < 4.78 is 0. The molecular weight excluding hydrogens is 266 g/mol. The molecule has 1 aliphatic rings. The van der Waals surface area contributed by atoms with Gasteiger partial charge >= 0.3 is 0 Å². The molecule has 3 heteroatoms. The molecule has 0 radical (unpaired) electrons. The lowest BCUT2D eigenvalue weighted by Crippen LogP contribution is -2.25. The summed E-state index contributed by atoms with van der Waals surface area (Å²) in [6.45, 7) is 0.428. The van der Waals surface area contributed by atoms with Crippen molar-refractivity contribution < 1.29 is 4.79 Å². The molecule has 100 valence electrons. The monoisotopic (exact) mass is 281 g/mol. The van der Waals surface area contributed by atoms with Crippen LogP contribution in [0, 0.1) is 0 Å². The molecule has 0 N–H and O–H groups in total. The van der Waals surface area contributed by atoms with Crippen LogP contribution in [0.15, 0.2) is 66.1 Å².